The average Bonchev–Trinajstić information content (AvgIpc) is 2.73. The fraction of sp³-hybridized carbons (Fsp3) is 0.250. The molecule has 4 heteroatoms. The van der Waals surface area contributed by atoms with Crippen molar-refractivity contribution in [2.45, 2.75) is 12.8 Å². The summed E-state index contributed by atoms with van der Waals surface area (Å²) in [5, 5.41) is 3.81. The molecule has 4 nitrogen and oxygen atoms in total. The van der Waals surface area contributed by atoms with E-state index in [4.69, 9.17) is 10.2 Å². The maximum Gasteiger partial charge on any atom is 0.224 e. The Morgan fingerprint density at radius 2 is 2.25 bits per heavy atom. The number of hydrogen-bond donors (Lipinski definition) is 2. The maximum absolute atomic E-state index is 11.5. The molecule has 0 bridgehead atoms. The predicted octanol–water partition coefficient (Wildman–Crippen LogP) is 2.11. The van der Waals surface area contributed by atoms with E-state index in [1.54, 1.807) is 6.26 Å². The zero-order valence-electron chi connectivity index (χ0n) is 8.90. The third-order valence-electron chi connectivity index (χ3n) is 2.34. The Morgan fingerprint density at radius 3 is 3.06 bits per heavy atom. The van der Waals surface area contributed by atoms with Gasteiger partial charge < -0.3 is 15.5 Å². The van der Waals surface area contributed by atoms with Gasteiger partial charge in [0.25, 0.3) is 0 Å². The topological polar surface area (TPSA) is 68.3 Å². The lowest BCUT2D eigenvalue weighted by Gasteiger charge is -2.04. The molecular weight excluding hydrogens is 204 g/mol. The molecule has 3 N–H and O–H groups in total. The lowest BCUT2D eigenvalue weighted by Crippen LogP contribution is -2.13. The third kappa shape index (κ3) is 2.41. The Morgan fingerprint density at radius 1 is 1.38 bits per heavy atom. The van der Waals surface area contributed by atoms with E-state index in [-0.39, 0.29) is 5.91 Å². The van der Waals surface area contributed by atoms with E-state index in [2.05, 4.69) is 5.32 Å². The fourth-order valence-corrected chi connectivity index (χ4v) is 1.53. The van der Waals surface area contributed by atoms with Crippen molar-refractivity contribution < 1.29 is 9.21 Å². The maximum atomic E-state index is 11.5. The lowest BCUT2D eigenvalue weighted by molar-refractivity contribution is -0.116. The smallest absolute Gasteiger partial charge is 0.224 e. The van der Waals surface area contributed by atoms with E-state index in [9.17, 15) is 4.79 Å². The van der Waals surface area contributed by atoms with Crippen molar-refractivity contribution in [1.82, 2.24) is 0 Å². The molecule has 0 radical (unpaired) electrons. The second-order valence-corrected chi connectivity index (χ2v) is 3.61. The average molecular weight is 218 g/mol. The minimum absolute atomic E-state index is 0.00621. The first kappa shape index (κ1) is 10.7. The van der Waals surface area contributed by atoms with Crippen LogP contribution in [0.4, 0.5) is 5.69 Å². The van der Waals surface area contributed by atoms with Crippen molar-refractivity contribution in [1.29, 1.82) is 0 Å². The minimum atomic E-state index is -0.00621. The molecule has 2 aromatic rings. The molecule has 84 valence electrons. The standard InChI is InChI=1S/C12H14N2O2/c13-6-1-2-12(15)14-10-3-4-11-9(8-10)5-7-16-11/h3-5,7-8H,1-2,6,13H2,(H,14,15). The normalized spacial score (nSPS) is 10.6. The second kappa shape index (κ2) is 4.81. The molecule has 0 aliphatic carbocycles. The molecule has 0 atom stereocenters. The van der Waals surface area contributed by atoms with Crippen LogP contribution in [0.25, 0.3) is 11.0 Å². The number of furan rings is 1. The third-order valence-corrected chi connectivity index (χ3v) is 2.34. The Hall–Kier alpha value is -1.81. The van der Waals surface area contributed by atoms with Crippen molar-refractivity contribution in [3.63, 3.8) is 0 Å². The highest BCUT2D eigenvalue weighted by Gasteiger charge is 2.03. The van der Waals surface area contributed by atoms with Crippen molar-refractivity contribution in [3.05, 3.63) is 30.5 Å². The van der Waals surface area contributed by atoms with Gasteiger partial charge in [-0.25, -0.2) is 0 Å². The summed E-state index contributed by atoms with van der Waals surface area (Å²) in [6.45, 7) is 0.536. The predicted molar refractivity (Wildman–Crippen MR) is 63.1 cm³/mol. The van der Waals surface area contributed by atoms with E-state index in [0.29, 0.717) is 19.4 Å². The van der Waals surface area contributed by atoms with E-state index >= 15 is 0 Å². The van der Waals surface area contributed by atoms with Gasteiger partial charge in [-0.1, -0.05) is 0 Å². The molecule has 16 heavy (non-hydrogen) atoms. The molecule has 0 fully saturated rings. The number of fused-ring (bicyclic) bond motifs is 1. The van der Waals surface area contributed by atoms with Crippen LogP contribution < -0.4 is 11.1 Å². The summed E-state index contributed by atoms with van der Waals surface area (Å²) >= 11 is 0. The van der Waals surface area contributed by atoms with Crippen LogP contribution >= 0.6 is 0 Å². The first-order valence-corrected chi connectivity index (χ1v) is 5.27. The summed E-state index contributed by atoms with van der Waals surface area (Å²) in [4.78, 5) is 11.5. The molecule has 0 aliphatic heterocycles. The number of amides is 1. The molecule has 1 heterocycles. The molecule has 0 saturated heterocycles. The first-order valence-electron chi connectivity index (χ1n) is 5.27. The summed E-state index contributed by atoms with van der Waals surface area (Å²) in [6, 6.07) is 7.42. The molecule has 0 aliphatic rings. The molecule has 1 amide bonds. The van der Waals surface area contributed by atoms with E-state index < -0.39 is 0 Å². The molecule has 2 rings (SSSR count). The molecular formula is C12H14N2O2. The van der Waals surface area contributed by atoms with Crippen molar-refractivity contribution >= 4 is 22.6 Å². The van der Waals surface area contributed by atoms with Crippen LogP contribution in [0.2, 0.25) is 0 Å². The van der Waals surface area contributed by atoms with Crippen molar-refractivity contribution in [2.75, 3.05) is 11.9 Å². The molecule has 0 spiro atoms. The molecule has 0 unspecified atom stereocenters. The summed E-state index contributed by atoms with van der Waals surface area (Å²) in [7, 11) is 0. The first-order chi connectivity index (χ1) is 7.79. The van der Waals surface area contributed by atoms with Crippen LogP contribution in [0.1, 0.15) is 12.8 Å². The zero-order chi connectivity index (χ0) is 11.4. The van der Waals surface area contributed by atoms with Gasteiger partial charge in [0.1, 0.15) is 5.58 Å². The molecule has 1 aromatic carbocycles. The van der Waals surface area contributed by atoms with Crippen LogP contribution in [0.5, 0.6) is 0 Å². The Labute approximate surface area is 93.4 Å². The largest absolute Gasteiger partial charge is 0.464 e. The number of hydrogen-bond acceptors (Lipinski definition) is 3. The Kier molecular flexibility index (Phi) is 3.22. The second-order valence-electron chi connectivity index (χ2n) is 3.61. The van der Waals surface area contributed by atoms with Crippen LogP contribution in [0.3, 0.4) is 0 Å². The Bertz CT molecular complexity index is 490. The highest BCUT2D eigenvalue weighted by molar-refractivity contribution is 5.93. The quantitative estimate of drug-likeness (QED) is 0.825. The fourth-order valence-electron chi connectivity index (χ4n) is 1.53. The summed E-state index contributed by atoms with van der Waals surface area (Å²) in [5.74, 6) is -0.00621. The molecule has 0 saturated carbocycles. The minimum Gasteiger partial charge on any atom is -0.464 e. The van der Waals surface area contributed by atoms with Gasteiger partial charge in [-0.15, -0.1) is 0 Å². The van der Waals surface area contributed by atoms with E-state index in [1.807, 2.05) is 24.3 Å². The van der Waals surface area contributed by atoms with Crippen LogP contribution in [0.15, 0.2) is 34.9 Å². The van der Waals surface area contributed by atoms with Gasteiger partial charge in [0, 0.05) is 17.5 Å². The van der Waals surface area contributed by atoms with Gasteiger partial charge in [0.2, 0.25) is 5.91 Å². The van der Waals surface area contributed by atoms with Crippen molar-refractivity contribution in [2.24, 2.45) is 5.73 Å². The summed E-state index contributed by atoms with van der Waals surface area (Å²) < 4.78 is 5.21. The number of rotatable bonds is 4. The highest BCUT2D eigenvalue weighted by Crippen LogP contribution is 2.20. The number of benzene rings is 1. The lowest BCUT2D eigenvalue weighted by atomic mass is 10.2. The number of carbonyl (C=O) groups excluding carboxylic acids is 1. The Balaban J connectivity index is 2.06. The number of carbonyl (C=O) groups is 1. The van der Waals surface area contributed by atoms with Crippen molar-refractivity contribution in [3.8, 4) is 0 Å². The monoisotopic (exact) mass is 218 g/mol. The van der Waals surface area contributed by atoms with Gasteiger partial charge in [-0.05, 0) is 37.2 Å². The van der Waals surface area contributed by atoms with Gasteiger partial charge in [0.15, 0.2) is 0 Å². The van der Waals surface area contributed by atoms with Gasteiger partial charge in [-0.2, -0.15) is 0 Å². The van der Waals surface area contributed by atoms with Crippen LogP contribution in [-0.2, 0) is 4.79 Å². The van der Waals surface area contributed by atoms with Gasteiger partial charge >= 0.3 is 0 Å². The molecule has 1 aromatic heterocycles. The SMILES string of the molecule is NCCCC(=O)Nc1ccc2occc2c1. The number of nitrogens with one attached hydrogen (secondary N) is 1. The highest BCUT2D eigenvalue weighted by atomic mass is 16.3. The van der Waals surface area contributed by atoms with Crippen LogP contribution in [0, 0.1) is 0 Å². The van der Waals surface area contributed by atoms with E-state index in [0.717, 1.165) is 16.7 Å². The summed E-state index contributed by atoms with van der Waals surface area (Å²) in [5.41, 5.74) is 6.95. The number of nitrogens with two attached hydrogens (primary N) is 1. The van der Waals surface area contributed by atoms with Crippen LogP contribution in [-0.4, -0.2) is 12.5 Å². The number of anilines is 1. The van der Waals surface area contributed by atoms with E-state index in [1.165, 1.54) is 0 Å². The van der Waals surface area contributed by atoms with Gasteiger partial charge in [0.05, 0.1) is 6.26 Å². The van der Waals surface area contributed by atoms with Gasteiger partial charge in [-0.3, -0.25) is 4.79 Å². The summed E-state index contributed by atoms with van der Waals surface area (Å²) in [6.07, 6.45) is 2.80. The zero-order valence-corrected chi connectivity index (χ0v) is 8.90.